The maximum absolute atomic E-state index is 12.9. The molecule has 8 atom stereocenters. The first-order valence-electron chi connectivity index (χ1n) is 13.9. The van der Waals surface area contributed by atoms with Crippen LogP contribution in [-0.2, 0) is 14.9 Å². The van der Waals surface area contributed by atoms with E-state index in [4.69, 9.17) is 6.85 Å². The quantitative estimate of drug-likeness (QED) is 0.452. The molecule has 4 saturated carbocycles. The summed E-state index contributed by atoms with van der Waals surface area (Å²) in [4.78, 5) is 11.8. The molecule has 4 fully saturated rings. The molecule has 1 N–H and O–H groups in total. The highest BCUT2D eigenvalue weighted by Crippen LogP contribution is 2.69. The summed E-state index contributed by atoms with van der Waals surface area (Å²) in [6.45, 7) is 5.50. The molecule has 0 aromatic rings. The van der Waals surface area contributed by atoms with Crippen LogP contribution in [0, 0.1) is 40.4 Å². The van der Waals surface area contributed by atoms with Gasteiger partial charge in [-0.05, 0) is 105 Å². The largest absolute Gasteiger partial charge is 0.303 e. The zero-order chi connectivity index (χ0) is 25.5. The minimum absolute atomic E-state index is 0.172. The van der Waals surface area contributed by atoms with Crippen LogP contribution in [0.15, 0.2) is 0 Å². The molecule has 0 aromatic heterocycles. The third kappa shape index (κ3) is 3.16. The second-order valence-corrected chi connectivity index (χ2v) is 12.8. The van der Waals surface area contributed by atoms with E-state index >= 15 is 0 Å². The zero-order valence-electron chi connectivity index (χ0n) is 23.0. The molecule has 29 heavy (non-hydrogen) atoms. The average molecular weight is 430 g/mol. The smallest absolute Gasteiger partial charge is 0.270 e. The molecular weight excluding hydrogens is 384 g/mol. The van der Waals surface area contributed by atoms with Gasteiger partial charge in [0.15, 0.2) is 0 Å². The van der Waals surface area contributed by atoms with E-state index in [1.807, 2.05) is 6.92 Å². The van der Waals surface area contributed by atoms with Crippen LogP contribution >= 0.6 is 0 Å². The number of hydrogen-bond acceptors (Lipinski definition) is 3. The van der Waals surface area contributed by atoms with Crippen molar-refractivity contribution in [2.24, 2.45) is 40.4 Å². The Kier molecular flexibility index (Phi) is 4.10. The van der Waals surface area contributed by atoms with Gasteiger partial charge in [-0.15, -0.1) is 0 Å². The lowest BCUT2D eigenvalue weighted by Gasteiger charge is -2.61. The van der Waals surface area contributed by atoms with E-state index in [0.29, 0.717) is 31.1 Å². The number of fused-ring (bicyclic) bond motifs is 5. The lowest BCUT2D eigenvalue weighted by Crippen LogP contribution is -2.55. The minimum Gasteiger partial charge on any atom is -0.303 e. The number of rotatable bonds is 5. The van der Waals surface area contributed by atoms with Crippen molar-refractivity contribution in [1.82, 2.24) is 0 Å². The van der Waals surface area contributed by atoms with Crippen molar-refractivity contribution in [1.29, 1.82) is 0 Å². The van der Waals surface area contributed by atoms with E-state index in [1.54, 1.807) is 0 Å². The summed E-state index contributed by atoms with van der Waals surface area (Å²) in [6, 6.07) is 0. The zero-order valence-corrected chi connectivity index (χ0v) is 18.9. The van der Waals surface area contributed by atoms with Crippen LogP contribution in [0.3, 0.4) is 0 Å². The van der Waals surface area contributed by atoms with Crippen molar-refractivity contribution in [2.45, 2.75) is 102 Å². The molecule has 166 valence electrons. The van der Waals surface area contributed by atoms with E-state index in [0.717, 1.165) is 25.7 Å². The van der Waals surface area contributed by atoms with Gasteiger partial charge >= 0.3 is 0 Å². The van der Waals surface area contributed by atoms with E-state index in [1.165, 1.54) is 32.1 Å². The fraction of sp³-hybridized carbons (Fsp3) is 0.958. The second-order valence-electron chi connectivity index (χ2n) is 11.0. The van der Waals surface area contributed by atoms with Gasteiger partial charge in [0.1, 0.15) is 7.63 Å². The van der Waals surface area contributed by atoms with E-state index in [-0.39, 0.29) is 11.3 Å². The first-order chi connectivity index (χ1) is 15.5. The molecule has 0 saturated heterocycles. The summed E-state index contributed by atoms with van der Waals surface area (Å²) in [5.41, 5.74) is -0.311. The van der Waals surface area contributed by atoms with E-state index in [9.17, 15) is 17.8 Å². The Balaban J connectivity index is 1.75. The van der Waals surface area contributed by atoms with Crippen LogP contribution in [0.5, 0.6) is 0 Å². The highest BCUT2D eigenvalue weighted by molar-refractivity contribution is 7.87. The van der Waals surface area contributed by atoms with Crippen LogP contribution in [0.2, 0.25) is 0 Å². The van der Waals surface area contributed by atoms with Crippen molar-refractivity contribution in [3.05, 3.63) is 0 Å². The summed E-state index contributed by atoms with van der Waals surface area (Å²) < 4.78 is 74.1. The van der Waals surface area contributed by atoms with Gasteiger partial charge in [-0.25, -0.2) is 0 Å². The summed E-state index contributed by atoms with van der Waals surface area (Å²) in [7, 11) is -5.12. The van der Waals surface area contributed by atoms with Gasteiger partial charge in [-0.2, -0.15) is 8.42 Å². The lowest BCUT2D eigenvalue weighted by atomic mass is 9.44. The molecule has 0 aromatic carbocycles. The summed E-state index contributed by atoms with van der Waals surface area (Å²) >= 11 is 0. The summed E-state index contributed by atoms with van der Waals surface area (Å²) in [5.74, 6) is 1.01. The standard InChI is InChI=1S/C24H40O4S/c1-22-13-5-4-7-17(22)8-9-18-19-10-11-21(23(19,2)15-12-20(18)22)24(3,14-6-16-25)29(26,27)28/h16-21H,4-15H2,1-3H3,(H,26,27,28)/t17?,18-,19-,20-,21-,22-,23-,24-/m0/s1/i6D2,14D2,16D. The van der Waals surface area contributed by atoms with Gasteiger partial charge < -0.3 is 4.79 Å². The first-order valence-corrected chi connectivity index (χ1v) is 12.9. The van der Waals surface area contributed by atoms with Crippen LogP contribution in [-0.4, -0.2) is 24.0 Å². The Hall–Kier alpha value is -0.420. The van der Waals surface area contributed by atoms with Crippen molar-refractivity contribution in [3.8, 4) is 0 Å². The van der Waals surface area contributed by atoms with Crippen LogP contribution in [0.1, 0.15) is 105 Å². The fourth-order valence-electron chi connectivity index (χ4n) is 8.68. The van der Waals surface area contributed by atoms with Crippen molar-refractivity contribution < 1.29 is 24.6 Å². The van der Waals surface area contributed by atoms with Gasteiger partial charge in [0, 0.05) is 11.9 Å². The number of aldehydes is 1. The van der Waals surface area contributed by atoms with E-state index in [2.05, 4.69) is 6.92 Å². The van der Waals surface area contributed by atoms with Crippen molar-refractivity contribution >= 4 is 16.4 Å². The fourth-order valence-corrected chi connectivity index (χ4v) is 9.61. The molecule has 0 spiro atoms. The Bertz CT molecular complexity index is 955. The molecule has 0 aliphatic heterocycles. The van der Waals surface area contributed by atoms with Gasteiger partial charge in [0.25, 0.3) is 10.1 Å². The van der Waals surface area contributed by atoms with Gasteiger partial charge in [0.2, 0.25) is 0 Å². The number of carbonyl (C=O) groups excluding carboxylic acids is 1. The highest BCUT2D eigenvalue weighted by Gasteiger charge is 2.64. The molecule has 4 aliphatic carbocycles. The SMILES string of the molecule is [2H]C(=O)C([2H])([2H])C([2H])([2H])[C@@](C)([C@H]1CC[C@H]2[C@@H]3CCC4CCCC[C@]4(C)[C@H]3CC[C@@]21C)S(=O)(=O)O. The minimum atomic E-state index is -5.12. The second kappa shape index (κ2) is 7.32. The third-order valence-corrected chi connectivity index (χ3v) is 11.6. The average Bonchev–Trinajstić information content (AvgIpc) is 3.08. The number of carbonyl (C=O) groups is 1. The number of hydrogen-bond donors (Lipinski definition) is 1. The van der Waals surface area contributed by atoms with E-state index < -0.39 is 45.2 Å². The lowest BCUT2D eigenvalue weighted by molar-refractivity contribution is -0.114. The van der Waals surface area contributed by atoms with Crippen molar-refractivity contribution in [2.75, 3.05) is 0 Å². The van der Waals surface area contributed by atoms with Crippen molar-refractivity contribution in [3.63, 3.8) is 0 Å². The Morgan fingerprint density at radius 3 is 2.48 bits per heavy atom. The van der Waals surface area contributed by atoms with Gasteiger partial charge in [0.05, 0.1) is 4.75 Å². The molecule has 1 unspecified atom stereocenters. The molecule has 0 heterocycles. The monoisotopic (exact) mass is 429 g/mol. The predicted octanol–water partition coefficient (Wildman–Crippen LogP) is 5.66. The molecule has 4 nitrogen and oxygen atoms in total. The Labute approximate surface area is 184 Å². The normalized spacial score (nSPS) is 50.3. The first kappa shape index (κ1) is 16.2. The van der Waals surface area contributed by atoms with Gasteiger partial charge in [-0.3, -0.25) is 4.55 Å². The Morgan fingerprint density at radius 1 is 1.07 bits per heavy atom. The van der Waals surface area contributed by atoms with Crippen LogP contribution in [0.4, 0.5) is 0 Å². The topological polar surface area (TPSA) is 71.4 Å². The predicted molar refractivity (Wildman–Crippen MR) is 115 cm³/mol. The van der Waals surface area contributed by atoms with Crippen LogP contribution < -0.4 is 0 Å². The molecule has 5 heteroatoms. The highest BCUT2D eigenvalue weighted by atomic mass is 32.2. The molecule has 0 radical (unpaired) electrons. The molecular formula is C24H40O4S. The van der Waals surface area contributed by atoms with Gasteiger partial charge in [-0.1, -0.05) is 26.7 Å². The molecule has 0 bridgehead atoms. The maximum atomic E-state index is 12.9. The van der Waals surface area contributed by atoms with Crippen LogP contribution in [0.25, 0.3) is 0 Å². The molecule has 0 amide bonds. The summed E-state index contributed by atoms with van der Waals surface area (Å²) in [5, 5.41) is 0. The Morgan fingerprint density at radius 2 is 1.79 bits per heavy atom. The summed E-state index contributed by atoms with van der Waals surface area (Å²) in [6.07, 6.45) is 1.50. The molecule has 4 aliphatic rings. The third-order valence-electron chi connectivity index (χ3n) is 10.1. The molecule has 4 rings (SSSR count). The maximum Gasteiger partial charge on any atom is 0.270 e.